The van der Waals surface area contributed by atoms with Crippen molar-refractivity contribution in [3.63, 3.8) is 0 Å². The molecular weight excluding hydrogens is 434 g/mol. The maximum Gasteiger partial charge on any atom is 0.338 e. The molecule has 0 aromatic heterocycles. The molecule has 31 heavy (non-hydrogen) atoms. The van der Waals surface area contributed by atoms with Crippen LogP contribution in [0.1, 0.15) is 37.8 Å². The van der Waals surface area contributed by atoms with Gasteiger partial charge in [-0.05, 0) is 42.9 Å². The zero-order valence-corrected chi connectivity index (χ0v) is 18.9. The Kier molecular flexibility index (Phi) is 6.53. The first-order valence-corrected chi connectivity index (χ1v) is 11.5. The third kappa shape index (κ3) is 4.43. The van der Waals surface area contributed by atoms with E-state index < -0.39 is 12.0 Å². The van der Waals surface area contributed by atoms with Crippen molar-refractivity contribution in [3.05, 3.63) is 69.9 Å². The van der Waals surface area contributed by atoms with E-state index in [0.29, 0.717) is 16.3 Å². The lowest BCUT2D eigenvalue weighted by molar-refractivity contribution is -0.138. The molecule has 1 aromatic carbocycles. The number of fused-ring (bicyclic) bond motifs is 1. The van der Waals surface area contributed by atoms with Gasteiger partial charge in [0.25, 0.3) is 0 Å². The molecule has 0 bridgehead atoms. The Labute approximate surface area is 191 Å². The van der Waals surface area contributed by atoms with E-state index in [9.17, 15) is 9.59 Å². The summed E-state index contributed by atoms with van der Waals surface area (Å²) in [6, 6.07) is 6.94. The van der Waals surface area contributed by atoms with Gasteiger partial charge in [0.2, 0.25) is 5.91 Å². The van der Waals surface area contributed by atoms with Gasteiger partial charge in [0.15, 0.2) is 5.17 Å². The van der Waals surface area contributed by atoms with Gasteiger partial charge in [0, 0.05) is 23.8 Å². The van der Waals surface area contributed by atoms with E-state index >= 15 is 0 Å². The van der Waals surface area contributed by atoms with Crippen LogP contribution in [0.4, 0.5) is 0 Å². The molecule has 0 spiro atoms. The fraction of sp³-hybridized carbons (Fsp3) is 0.348. The summed E-state index contributed by atoms with van der Waals surface area (Å²) in [4.78, 5) is 34.4. The summed E-state index contributed by atoms with van der Waals surface area (Å²) in [6.45, 7) is 7.15. The number of esters is 1. The van der Waals surface area contributed by atoms with Crippen molar-refractivity contribution >= 4 is 40.4 Å². The average Bonchev–Trinajstić information content (AvgIpc) is 3.42. The largest absolute Gasteiger partial charge is 0.458 e. The van der Waals surface area contributed by atoms with E-state index in [1.165, 1.54) is 17.8 Å². The zero-order valence-electron chi connectivity index (χ0n) is 17.3. The molecule has 1 saturated heterocycles. The van der Waals surface area contributed by atoms with Gasteiger partial charge in [-0.3, -0.25) is 4.79 Å². The number of thioether (sulfide) groups is 1. The van der Waals surface area contributed by atoms with Crippen molar-refractivity contribution in [2.24, 2.45) is 4.99 Å². The number of allylic oxidation sites excluding steroid dienone is 1. The van der Waals surface area contributed by atoms with Crippen LogP contribution in [0.5, 0.6) is 0 Å². The molecule has 1 unspecified atom stereocenters. The topological polar surface area (TPSA) is 62.2 Å². The number of carbonyl (C=O) groups is 2. The van der Waals surface area contributed by atoms with Crippen LogP contribution in [0.3, 0.4) is 0 Å². The predicted octanol–water partition coefficient (Wildman–Crippen LogP) is 4.66. The molecule has 1 fully saturated rings. The lowest BCUT2D eigenvalue weighted by Crippen LogP contribution is -2.38. The molecule has 1 amide bonds. The fourth-order valence-electron chi connectivity index (χ4n) is 4.04. The first-order valence-electron chi connectivity index (χ1n) is 10.2. The average molecular weight is 458 g/mol. The second kappa shape index (κ2) is 9.32. The summed E-state index contributed by atoms with van der Waals surface area (Å²) in [5, 5.41) is 3.32. The molecule has 0 N–H and O–H groups in total. The van der Waals surface area contributed by atoms with Crippen molar-refractivity contribution in [2.75, 3.05) is 19.7 Å². The summed E-state index contributed by atoms with van der Waals surface area (Å²) in [5.41, 5.74) is 2.77. The smallest absolute Gasteiger partial charge is 0.338 e. The van der Waals surface area contributed by atoms with Gasteiger partial charge in [-0.25, -0.2) is 9.79 Å². The highest BCUT2D eigenvalue weighted by Crippen LogP contribution is 2.45. The number of nitrogens with zero attached hydrogens (tertiary/aromatic N) is 3. The third-order valence-corrected chi connectivity index (χ3v) is 6.67. The molecule has 4 rings (SSSR count). The lowest BCUT2D eigenvalue weighted by atomic mass is 9.94. The summed E-state index contributed by atoms with van der Waals surface area (Å²) in [7, 11) is 0. The number of rotatable bonds is 6. The van der Waals surface area contributed by atoms with Crippen LogP contribution in [0, 0.1) is 0 Å². The number of carbonyl (C=O) groups excluding carboxylic acids is 2. The highest BCUT2D eigenvalue weighted by Gasteiger charge is 2.41. The summed E-state index contributed by atoms with van der Waals surface area (Å²) < 4.78 is 5.38. The number of benzene rings is 1. The number of amides is 1. The fourth-order valence-corrected chi connectivity index (χ4v) is 5.13. The molecule has 0 saturated carbocycles. The standard InChI is InChI=1S/C23H24ClN3O3S/c1-3-12-30-22(29)20-15(2)25-23-27(21(20)16-6-8-17(24)9-7-16)18(14-31-23)13-19(28)26-10-4-5-11-26/h3,6-9,14,21H,1,4-5,10-13H2,2H3. The summed E-state index contributed by atoms with van der Waals surface area (Å²) >= 11 is 7.58. The SMILES string of the molecule is C=CCOC(=O)C1=C(C)N=C2SC=C(CC(=O)N3CCCC3)N2C1c1ccc(Cl)cc1. The molecule has 162 valence electrons. The predicted molar refractivity (Wildman–Crippen MR) is 123 cm³/mol. The number of ether oxygens (including phenoxy) is 1. The number of hydrogen-bond acceptors (Lipinski definition) is 6. The number of amidine groups is 1. The highest BCUT2D eigenvalue weighted by atomic mass is 35.5. The number of likely N-dealkylation sites (tertiary alicyclic amines) is 1. The quantitative estimate of drug-likeness (QED) is 0.459. The summed E-state index contributed by atoms with van der Waals surface area (Å²) in [5.74, 6) is -0.343. The Bertz CT molecular complexity index is 994. The van der Waals surface area contributed by atoms with Crippen LogP contribution in [0.25, 0.3) is 0 Å². The van der Waals surface area contributed by atoms with Crippen molar-refractivity contribution in [1.29, 1.82) is 0 Å². The van der Waals surface area contributed by atoms with Crippen LogP contribution >= 0.6 is 23.4 Å². The minimum absolute atomic E-state index is 0.0996. The third-order valence-electron chi connectivity index (χ3n) is 5.53. The number of halogens is 1. The Hall–Kier alpha value is -2.51. The van der Waals surface area contributed by atoms with Crippen LogP contribution in [-0.2, 0) is 14.3 Å². The van der Waals surface area contributed by atoms with E-state index in [2.05, 4.69) is 11.6 Å². The van der Waals surface area contributed by atoms with E-state index in [4.69, 9.17) is 16.3 Å². The molecule has 1 aromatic rings. The maximum atomic E-state index is 13.0. The Morgan fingerprint density at radius 3 is 2.68 bits per heavy atom. The maximum absolute atomic E-state index is 13.0. The number of hydrogen-bond donors (Lipinski definition) is 0. The molecule has 0 aliphatic carbocycles. The van der Waals surface area contributed by atoms with Crippen molar-refractivity contribution in [1.82, 2.24) is 9.80 Å². The van der Waals surface area contributed by atoms with Crippen LogP contribution in [-0.4, -0.2) is 46.5 Å². The monoisotopic (exact) mass is 457 g/mol. The van der Waals surface area contributed by atoms with E-state index in [1.807, 2.05) is 34.3 Å². The van der Waals surface area contributed by atoms with Gasteiger partial charge < -0.3 is 14.5 Å². The molecule has 3 aliphatic rings. The first-order chi connectivity index (χ1) is 15.0. The van der Waals surface area contributed by atoms with Crippen LogP contribution < -0.4 is 0 Å². The first kappa shape index (κ1) is 21.7. The van der Waals surface area contributed by atoms with Gasteiger partial charge >= 0.3 is 5.97 Å². The molecule has 1 atom stereocenters. The van der Waals surface area contributed by atoms with Gasteiger partial charge in [0.05, 0.1) is 23.7 Å². The summed E-state index contributed by atoms with van der Waals surface area (Å²) in [6.07, 6.45) is 3.90. The van der Waals surface area contributed by atoms with Crippen LogP contribution in [0.2, 0.25) is 5.02 Å². The van der Waals surface area contributed by atoms with Crippen LogP contribution in [0.15, 0.2) is 64.3 Å². The van der Waals surface area contributed by atoms with Gasteiger partial charge in [-0.2, -0.15) is 0 Å². The van der Waals surface area contributed by atoms with Crippen molar-refractivity contribution < 1.29 is 14.3 Å². The highest BCUT2D eigenvalue weighted by molar-refractivity contribution is 8.16. The van der Waals surface area contributed by atoms with Crippen molar-refractivity contribution in [3.8, 4) is 0 Å². The second-order valence-electron chi connectivity index (χ2n) is 7.60. The molecule has 6 nitrogen and oxygen atoms in total. The normalized spacial score (nSPS) is 20.4. The minimum Gasteiger partial charge on any atom is -0.458 e. The van der Waals surface area contributed by atoms with Gasteiger partial charge in [0.1, 0.15) is 6.61 Å². The van der Waals surface area contributed by atoms with E-state index in [0.717, 1.165) is 42.4 Å². The van der Waals surface area contributed by atoms with Crippen molar-refractivity contribution in [2.45, 2.75) is 32.2 Å². The van der Waals surface area contributed by atoms with Gasteiger partial charge in [-0.1, -0.05) is 48.2 Å². The zero-order chi connectivity index (χ0) is 22.0. The Morgan fingerprint density at radius 2 is 2.00 bits per heavy atom. The van der Waals surface area contributed by atoms with Gasteiger partial charge in [-0.15, -0.1) is 0 Å². The van der Waals surface area contributed by atoms with E-state index in [-0.39, 0.29) is 18.9 Å². The molecule has 3 aliphatic heterocycles. The lowest BCUT2D eigenvalue weighted by Gasteiger charge is -2.36. The second-order valence-corrected chi connectivity index (χ2v) is 8.87. The molecular formula is C23H24ClN3O3S. The minimum atomic E-state index is -0.449. The Morgan fingerprint density at radius 1 is 1.29 bits per heavy atom. The van der Waals surface area contributed by atoms with E-state index in [1.54, 1.807) is 12.1 Å². The Balaban J connectivity index is 1.70. The molecule has 8 heteroatoms. The molecule has 3 heterocycles. The number of aliphatic imine (C=N–C) groups is 1. The molecule has 0 radical (unpaired) electrons.